The lowest BCUT2D eigenvalue weighted by atomic mass is 9.71. The van der Waals surface area contributed by atoms with Crippen LogP contribution in [0.15, 0.2) is 35.3 Å². The van der Waals surface area contributed by atoms with Crippen LogP contribution >= 0.6 is 0 Å². The Kier molecular flexibility index (Phi) is 9.51. The number of hydrogen-bond donors (Lipinski definition) is 3. The molecule has 2 atom stereocenters. The summed E-state index contributed by atoms with van der Waals surface area (Å²) < 4.78 is 0. The molecule has 0 saturated carbocycles. The quantitative estimate of drug-likeness (QED) is 0.359. The van der Waals surface area contributed by atoms with Crippen LogP contribution in [0.5, 0.6) is 0 Å². The summed E-state index contributed by atoms with van der Waals surface area (Å²) in [6.07, 6.45) is 4.03. The predicted molar refractivity (Wildman–Crippen MR) is 170 cm³/mol. The van der Waals surface area contributed by atoms with Crippen molar-refractivity contribution >= 4 is 29.2 Å². The number of rotatable bonds is 11. The third kappa shape index (κ3) is 7.71. The monoisotopic (exact) mass is 602 g/mol. The molecule has 1 saturated heterocycles. The maximum absolute atomic E-state index is 13.7. The molecule has 2 aromatic rings. The van der Waals surface area contributed by atoms with Crippen LogP contribution in [0, 0.1) is 11.3 Å². The first-order valence-corrected chi connectivity index (χ1v) is 15.8. The second-order valence-corrected chi connectivity index (χ2v) is 13.9. The van der Waals surface area contributed by atoms with E-state index in [-0.39, 0.29) is 29.7 Å². The zero-order valence-corrected chi connectivity index (χ0v) is 26.7. The molecular weight excluding hydrogens is 556 g/mol. The van der Waals surface area contributed by atoms with Gasteiger partial charge in [-0.2, -0.15) is 0 Å². The van der Waals surface area contributed by atoms with Crippen molar-refractivity contribution in [3.8, 4) is 0 Å². The van der Waals surface area contributed by atoms with Crippen molar-refractivity contribution < 1.29 is 19.5 Å². The highest BCUT2D eigenvalue weighted by Gasteiger charge is 2.32. The Bertz CT molecular complexity index is 1440. The maximum atomic E-state index is 13.7. The summed E-state index contributed by atoms with van der Waals surface area (Å²) in [4.78, 5) is 51.5. The molecule has 236 valence electrons. The fourth-order valence-corrected chi connectivity index (χ4v) is 6.40. The zero-order chi connectivity index (χ0) is 31.6. The molecule has 0 spiro atoms. The molecule has 44 heavy (non-hydrogen) atoms. The molecule has 1 aromatic carbocycles. The van der Waals surface area contributed by atoms with Crippen molar-refractivity contribution in [2.45, 2.75) is 71.4 Å². The lowest BCUT2D eigenvalue weighted by Gasteiger charge is -2.36. The summed E-state index contributed by atoms with van der Waals surface area (Å²) in [6, 6.07) is 9.26. The van der Waals surface area contributed by atoms with Crippen molar-refractivity contribution in [2.75, 3.05) is 40.3 Å². The van der Waals surface area contributed by atoms with E-state index in [0.717, 1.165) is 55.0 Å². The van der Waals surface area contributed by atoms with Gasteiger partial charge in [-0.1, -0.05) is 32.9 Å². The number of aliphatic carboxylic acids is 1. The second kappa shape index (κ2) is 13.2. The topological polar surface area (TPSA) is 127 Å². The Balaban J connectivity index is 1.31. The van der Waals surface area contributed by atoms with Gasteiger partial charge in [-0.15, -0.1) is 0 Å². The highest BCUT2D eigenvalue weighted by molar-refractivity contribution is 6.40. The number of hydrogen-bond acceptors (Lipinski definition) is 7. The van der Waals surface area contributed by atoms with Crippen molar-refractivity contribution in [1.29, 1.82) is 0 Å². The van der Waals surface area contributed by atoms with Crippen molar-refractivity contribution in [1.82, 2.24) is 25.4 Å². The van der Waals surface area contributed by atoms with E-state index >= 15 is 0 Å². The van der Waals surface area contributed by atoms with E-state index in [1.165, 1.54) is 5.56 Å². The third-order valence-electron chi connectivity index (χ3n) is 9.28. The average molecular weight is 603 g/mol. The Morgan fingerprint density at radius 1 is 1.11 bits per heavy atom. The van der Waals surface area contributed by atoms with Gasteiger partial charge in [-0.05, 0) is 80.4 Å². The number of aryl methyl sites for hydroxylation is 1. The summed E-state index contributed by atoms with van der Waals surface area (Å²) in [5, 5.41) is 15.4. The van der Waals surface area contributed by atoms with Gasteiger partial charge in [-0.3, -0.25) is 19.4 Å². The standard InChI is InChI=1S/C34H46N6O4/c1-34(2,3)24-9-10-26-23(16-24)17-28-29(36-26)18-30(37-28)33(44)38-27(11-13-39(4)14-12-31(41)42)21-7-6-8-22(15-21)32(43)35-25-19-40(5)20-25/h6-8,15,17,24-25,27H,9-14,16,18-20H2,1-5H3,(H,35,43)(H,38,44)(H,41,42)/t24-,27+/m0/s1. The first kappa shape index (κ1) is 31.8. The van der Waals surface area contributed by atoms with E-state index in [1.807, 2.05) is 37.2 Å². The number of likely N-dealkylation sites (tertiary alicyclic amines) is 1. The fraction of sp³-hybridized carbons (Fsp3) is 0.559. The number of benzene rings is 1. The summed E-state index contributed by atoms with van der Waals surface area (Å²) in [7, 11) is 3.89. The van der Waals surface area contributed by atoms with Crippen LogP contribution in [0.3, 0.4) is 0 Å². The van der Waals surface area contributed by atoms with E-state index in [2.05, 4.69) is 42.4 Å². The minimum absolute atomic E-state index is 0.0437. The number of amides is 2. The van der Waals surface area contributed by atoms with Crippen LogP contribution in [-0.4, -0.2) is 89.7 Å². The Hall–Kier alpha value is -3.63. The van der Waals surface area contributed by atoms with Crippen molar-refractivity contribution in [2.24, 2.45) is 16.3 Å². The number of carboxylic acid groups (broad SMARTS) is 1. The van der Waals surface area contributed by atoms with Crippen LogP contribution in [0.1, 0.15) is 78.9 Å². The van der Waals surface area contributed by atoms with Crippen LogP contribution in [0.2, 0.25) is 0 Å². The number of carbonyl (C=O) groups is 3. The third-order valence-corrected chi connectivity index (χ3v) is 9.28. The number of pyridine rings is 1. The number of fused-ring (bicyclic) bond motifs is 2. The van der Waals surface area contributed by atoms with Gasteiger partial charge in [0.2, 0.25) is 0 Å². The van der Waals surface area contributed by atoms with E-state index < -0.39 is 12.0 Å². The molecule has 10 nitrogen and oxygen atoms in total. The number of nitrogens with zero attached hydrogens (tertiary/aromatic N) is 4. The van der Waals surface area contributed by atoms with Gasteiger partial charge in [0.15, 0.2) is 0 Å². The minimum atomic E-state index is -0.846. The van der Waals surface area contributed by atoms with Crippen LogP contribution < -0.4 is 10.6 Å². The number of nitrogens with one attached hydrogen (secondary N) is 2. The summed E-state index contributed by atoms with van der Waals surface area (Å²) in [5.74, 6) is -0.640. The first-order chi connectivity index (χ1) is 20.9. The summed E-state index contributed by atoms with van der Waals surface area (Å²) >= 11 is 0. The van der Waals surface area contributed by atoms with Gasteiger partial charge in [-0.25, -0.2) is 4.99 Å². The SMILES string of the molecule is CN(CCC(=O)O)CC[C@@H](NC(=O)C1=Nc2cc3c(nc2C1)CC[C@H](C(C)(C)C)C3)c1cccc(C(=O)NC2CN(C)C2)c1. The molecule has 3 N–H and O–H groups in total. The van der Waals surface area contributed by atoms with Crippen LogP contribution in [-0.2, 0) is 28.9 Å². The molecule has 0 bridgehead atoms. The summed E-state index contributed by atoms with van der Waals surface area (Å²) in [6.45, 7) is 9.50. The maximum Gasteiger partial charge on any atom is 0.304 e. The summed E-state index contributed by atoms with van der Waals surface area (Å²) in [5.41, 5.74) is 6.05. The molecule has 1 aliphatic carbocycles. The molecule has 0 radical (unpaired) electrons. The lowest BCUT2D eigenvalue weighted by Crippen LogP contribution is -2.57. The van der Waals surface area contributed by atoms with Gasteiger partial charge in [0.05, 0.1) is 29.9 Å². The van der Waals surface area contributed by atoms with E-state index in [9.17, 15) is 14.4 Å². The Morgan fingerprint density at radius 3 is 2.59 bits per heavy atom. The number of carboxylic acids is 1. The largest absolute Gasteiger partial charge is 0.481 e. The number of likely N-dealkylation sites (N-methyl/N-ethyl adjacent to an activating group) is 1. The van der Waals surface area contributed by atoms with Gasteiger partial charge in [0.25, 0.3) is 11.8 Å². The molecule has 2 amide bonds. The predicted octanol–water partition coefficient (Wildman–Crippen LogP) is 3.56. The molecule has 0 unspecified atom stereocenters. The molecule has 3 heterocycles. The molecule has 5 rings (SSSR count). The van der Waals surface area contributed by atoms with Gasteiger partial charge in [0.1, 0.15) is 5.71 Å². The van der Waals surface area contributed by atoms with E-state index in [1.54, 1.807) is 6.07 Å². The second-order valence-electron chi connectivity index (χ2n) is 13.9. The number of aromatic nitrogens is 1. The highest BCUT2D eigenvalue weighted by atomic mass is 16.4. The van der Waals surface area contributed by atoms with Crippen molar-refractivity contribution in [3.63, 3.8) is 0 Å². The first-order valence-electron chi connectivity index (χ1n) is 15.8. The number of aliphatic imine (C=N–C) groups is 1. The molecule has 2 aliphatic heterocycles. The normalized spacial score (nSPS) is 19.0. The highest BCUT2D eigenvalue weighted by Crippen LogP contribution is 2.39. The van der Waals surface area contributed by atoms with Crippen LogP contribution in [0.4, 0.5) is 5.69 Å². The van der Waals surface area contributed by atoms with Crippen molar-refractivity contribution in [3.05, 3.63) is 58.4 Å². The molecule has 10 heteroatoms. The average Bonchev–Trinajstić information content (AvgIpc) is 3.38. The van der Waals surface area contributed by atoms with E-state index in [0.29, 0.717) is 43.1 Å². The molecule has 1 aromatic heterocycles. The zero-order valence-electron chi connectivity index (χ0n) is 26.7. The Morgan fingerprint density at radius 2 is 1.89 bits per heavy atom. The van der Waals surface area contributed by atoms with Gasteiger partial charge in [0, 0.05) is 43.9 Å². The fourth-order valence-electron chi connectivity index (χ4n) is 6.40. The lowest BCUT2D eigenvalue weighted by molar-refractivity contribution is -0.137. The number of carbonyl (C=O) groups excluding carboxylic acids is 2. The van der Waals surface area contributed by atoms with Crippen LogP contribution in [0.25, 0.3) is 0 Å². The van der Waals surface area contributed by atoms with E-state index in [4.69, 9.17) is 15.1 Å². The molecular formula is C34H46N6O4. The van der Waals surface area contributed by atoms with Gasteiger partial charge < -0.3 is 25.5 Å². The minimum Gasteiger partial charge on any atom is -0.481 e. The van der Waals surface area contributed by atoms with Gasteiger partial charge >= 0.3 is 5.97 Å². The molecule has 1 fully saturated rings. The smallest absolute Gasteiger partial charge is 0.304 e. The molecule has 3 aliphatic rings. The Labute approximate surface area is 260 Å².